The molecule has 0 bridgehead atoms. The third-order valence-electron chi connectivity index (χ3n) is 4.21. The van der Waals surface area contributed by atoms with E-state index in [0.29, 0.717) is 11.0 Å². The molecule has 0 fully saturated rings. The van der Waals surface area contributed by atoms with Crippen LogP contribution < -0.4 is 5.32 Å². The summed E-state index contributed by atoms with van der Waals surface area (Å²) < 4.78 is 11.3. The van der Waals surface area contributed by atoms with Crippen molar-refractivity contribution in [3.63, 3.8) is 0 Å². The van der Waals surface area contributed by atoms with Crippen LogP contribution >= 0.6 is 15.9 Å². The van der Waals surface area contributed by atoms with Crippen molar-refractivity contribution in [2.45, 2.75) is 38.2 Å². The number of alkyl carbamates (subject to hydrolysis) is 1. The van der Waals surface area contributed by atoms with Crippen molar-refractivity contribution in [2.75, 3.05) is 0 Å². The summed E-state index contributed by atoms with van der Waals surface area (Å²) in [7, 11) is 0. The molecule has 0 aliphatic carbocycles. The Kier molecular flexibility index (Phi) is 7.63. The van der Waals surface area contributed by atoms with Crippen molar-refractivity contribution in [2.24, 2.45) is 5.16 Å². The molecule has 0 saturated heterocycles. The summed E-state index contributed by atoms with van der Waals surface area (Å²) in [6, 6.07) is 17.7. The van der Waals surface area contributed by atoms with Gasteiger partial charge in [0.25, 0.3) is 0 Å². The summed E-state index contributed by atoms with van der Waals surface area (Å²) in [5, 5.41) is 6.40. The third-order valence-corrected chi connectivity index (χ3v) is 4.68. The lowest BCUT2D eigenvalue weighted by Crippen LogP contribution is -2.44. The number of oxime groups is 1. The van der Waals surface area contributed by atoms with Crippen molar-refractivity contribution in [1.29, 1.82) is 0 Å². The molecule has 0 spiro atoms. The van der Waals surface area contributed by atoms with Crippen molar-refractivity contribution in [3.8, 4) is 0 Å². The zero-order valence-electron chi connectivity index (χ0n) is 15.6. The van der Waals surface area contributed by atoms with Crippen LogP contribution in [0, 0.1) is 0 Å². The maximum Gasteiger partial charge on any atom is 0.408 e. The van der Waals surface area contributed by atoms with Gasteiger partial charge in [0, 0.05) is 12.8 Å². The second-order valence-electron chi connectivity index (χ2n) is 6.49. The second-order valence-corrected chi connectivity index (χ2v) is 7.40. The van der Waals surface area contributed by atoms with Gasteiger partial charge in [0.1, 0.15) is 30.0 Å². The zero-order valence-corrected chi connectivity index (χ0v) is 17.2. The first-order valence-corrected chi connectivity index (χ1v) is 9.95. The van der Waals surface area contributed by atoms with E-state index in [1.165, 1.54) is 0 Å². The van der Waals surface area contributed by atoms with Crippen molar-refractivity contribution in [1.82, 2.24) is 5.32 Å². The Morgan fingerprint density at radius 1 is 1.03 bits per heavy atom. The minimum atomic E-state index is -0.916. The van der Waals surface area contributed by atoms with Crippen LogP contribution in [0.2, 0.25) is 0 Å². The molecule has 2 aromatic carbocycles. The first kappa shape index (κ1) is 20.9. The molecule has 1 N–H and O–H groups in total. The Morgan fingerprint density at radius 3 is 2.17 bits per heavy atom. The summed E-state index contributed by atoms with van der Waals surface area (Å²) in [4.78, 5) is 30.1. The Bertz CT molecular complexity index is 845. The predicted octanol–water partition coefficient (Wildman–Crippen LogP) is 3.91. The van der Waals surface area contributed by atoms with E-state index < -0.39 is 18.1 Å². The lowest BCUT2D eigenvalue weighted by atomic mass is 10.1. The lowest BCUT2D eigenvalue weighted by Gasteiger charge is -2.19. The molecule has 1 aliphatic rings. The number of esters is 1. The van der Waals surface area contributed by atoms with E-state index in [0.717, 1.165) is 11.1 Å². The number of carbonyl (C=O) groups excluding carboxylic acids is 2. The number of nitrogens with zero attached hydrogens (tertiary/aromatic N) is 1. The monoisotopic (exact) mass is 460 g/mol. The number of hydrogen-bond acceptors (Lipinski definition) is 6. The van der Waals surface area contributed by atoms with Gasteiger partial charge in [0.15, 0.2) is 0 Å². The molecule has 0 aromatic heterocycles. The average molecular weight is 461 g/mol. The predicted molar refractivity (Wildman–Crippen MR) is 110 cm³/mol. The maximum absolute atomic E-state index is 12.6. The largest absolute Gasteiger partial charge is 0.459 e. The number of ether oxygens (including phenoxy) is 2. The van der Waals surface area contributed by atoms with Gasteiger partial charge in [-0.1, -0.05) is 65.8 Å². The number of hydrogen-bond donors (Lipinski definition) is 1. The Balaban J connectivity index is 1.55. The second kappa shape index (κ2) is 10.6. The normalized spacial score (nSPS) is 16.3. The highest BCUT2D eigenvalue weighted by Crippen LogP contribution is 2.19. The van der Waals surface area contributed by atoms with E-state index in [1.54, 1.807) is 0 Å². The van der Waals surface area contributed by atoms with E-state index in [9.17, 15) is 9.59 Å². The van der Waals surface area contributed by atoms with E-state index in [4.69, 9.17) is 14.3 Å². The van der Waals surface area contributed by atoms with Crippen LogP contribution in [0.3, 0.4) is 0 Å². The molecular formula is C21H21BrN2O5. The van der Waals surface area contributed by atoms with Gasteiger partial charge in [0.2, 0.25) is 0 Å². The van der Waals surface area contributed by atoms with Gasteiger partial charge in [-0.3, -0.25) is 0 Å². The molecule has 1 amide bonds. The number of carbonyl (C=O) groups is 2. The fourth-order valence-corrected chi connectivity index (χ4v) is 3.18. The standard InChI is InChI=1S/C21H21BrN2O5/c22-19-12-17(29-24-19)11-18(20(25)27-13-15-7-3-1-4-8-15)23-21(26)28-14-16-9-5-2-6-10-16/h1-10,17-18H,11-14H2,(H,23,26). The van der Waals surface area contributed by atoms with Crippen LogP contribution in [0.25, 0.3) is 0 Å². The van der Waals surface area contributed by atoms with Gasteiger partial charge in [-0.25, -0.2) is 9.59 Å². The van der Waals surface area contributed by atoms with Crippen LogP contribution in [-0.2, 0) is 32.3 Å². The molecule has 0 saturated carbocycles. The van der Waals surface area contributed by atoms with Crippen molar-refractivity contribution >= 4 is 32.6 Å². The van der Waals surface area contributed by atoms with Crippen molar-refractivity contribution in [3.05, 3.63) is 71.8 Å². The quantitative estimate of drug-likeness (QED) is 0.603. The fraction of sp³-hybridized carbons (Fsp3) is 0.286. The lowest BCUT2D eigenvalue weighted by molar-refractivity contribution is -0.148. The van der Waals surface area contributed by atoms with Gasteiger partial charge < -0.3 is 19.6 Å². The van der Waals surface area contributed by atoms with Gasteiger partial charge in [0.05, 0.1) is 0 Å². The van der Waals surface area contributed by atoms with Gasteiger partial charge >= 0.3 is 12.1 Å². The van der Waals surface area contributed by atoms with Crippen LogP contribution in [0.1, 0.15) is 24.0 Å². The maximum atomic E-state index is 12.6. The molecule has 2 atom stereocenters. The summed E-state index contributed by atoms with van der Waals surface area (Å²) in [6.07, 6.45) is -0.308. The van der Waals surface area contributed by atoms with E-state index in [-0.39, 0.29) is 25.7 Å². The fourth-order valence-electron chi connectivity index (χ4n) is 2.73. The first-order chi connectivity index (χ1) is 14.1. The molecule has 1 aliphatic heterocycles. The summed E-state index contributed by atoms with van der Waals surface area (Å²) in [5.74, 6) is -0.558. The number of amides is 1. The van der Waals surface area contributed by atoms with Crippen LogP contribution in [0.4, 0.5) is 4.79 Å². The number of rotatable bonds is 8. The molecule has 152 valence electrons. The number of benzene rings is 2. The summed E-state index contributed by atoms with van der Waals surface area (Å²) in [5.41, 5.74) is 1.71. The number of halogens is 1. The zero-order chi connectivity index (χ0) is 20.5. The highest BCUT2D eigenvalue weighted by atomic mass is 79.9. The first-order valence-electron chi connectivity index (χ1n) is 9.16. The highest BCUT2D eigenvalue weighted by molar-refractivity contribution is 9.18. The number of nitrogens with one attached hydrogen (secondary N) is 1. The Morgan fingerprint density at radius 2 is 1.62 bits per heavy atom. The molecule has 2 aromatic rings. The molecule has 8 heteroatoms. The minimum Gasteiger partial charge on any atom is -0.459 e. The minimum absolute atomic E-state index is 0.104. The van der Waals surface area contributed by atoms with E-state index in [2.05, 4.69) is 26.4 Å². The summed E-state index contributed by atoms with van der Waals surface area (Å²) >= 11 is 3.27. The van der Waals surface area contributed by atoms with E-state index in [1.807, 2.05) is 60.7 Å². The molecule has 2 unspecified atom stereocenters. The van der Waals surface area contributed by atoms with Gasteiger partial charge in [-0.15, -0.1) is 0 Å². The smallest absolute Gasteiger partial charge is 0.408 e. The van der Waals surface area contributed by atoms with E-state index >= 15 is 0 Å². The Hall–Kier alpha value is -2.87. The highest BCUT2D eigenvalue weighted by Gasteiger charge is 2.30. The topological polar surface area (TPSA) is 86.2 Å². The van der Waals surface area contributed by atoms with Crippen molar-refractivity contribution < 1.29 is 23.9 Å². The molecule has 3 rings (SSSR count). The van der Waals surface area contributed by atoms with Gasteiger partial charge in [-0.2, -0.15) is 0 Å². The van der Waals surface area contributed by atoms with Gasteiger partial charge in [-0.05, 0) is 27.1 Å². The van der Waals surface area contributed by atoms with Crippen LogP contribution in [0.15, 0.2) is 65.8 Å². The van der Waals surface area contributed by atoms with Crippen LogP contribution in [-0.4, -0.2) is 28.8 Å². The molecule has 29 heavy (non-hydrogen) atoms. The Labute approximate surface area is 177 Å². The third kappa shape index (κ3) is 6.90. The molecule has 1 heterocycles. The molecular weight excluding hydrogens is 440 g/mol. The molecule has 0 radical (unpaired) electrons. The SMILES string of the molecule is O=C(NC(CC1CC(Br)=NO1)C(=O)OCc1ccccc1)OCc1ccccc1. The molecule has 7 nitrogen and oxygen atoms in total. The average Bonchev–Trinajstić information content (AvgIpc) is 3.16. The summed E-state index contributed by atoms with van der Waals surface area (Å²) in [6.45, 7) is 0.218. The van der Waals surface area contributed by atoms with Crippen LogP contribution in [0.5, 0.6) is 0 Å².